The number of fused-ring (bicyclic) bond motifs is 2. The van der Waals surface area contributed by atoms with Gasteiger partial charge in [-0.05, 0) is 37.6 Å². The highest BCUT2D eigenvalue weighted by atomic mass is 32.2. The minimum absolute atomic E-state index is 0.0498. The second-order valence-corrected chi connectivity index (χ2v) is 9.68. The van der Waals surface area contributed by atoms with Gasteiger partial charge in [0.15, 0.2) is 5.65 Å². The molecule has 0 saturated heterocycles. The van der Waals surface area contributed by atoms with Gasteiger partial charge < -0.3 is 4.74 Å². The molecule has 174 valence electrons. The quantitative estimate of drug-likeness (QED) is 0.381. The Hall–Kier alpha value is -3.99. The van der Waals surface area contributed by atoms with E-state index < -0.39 is 10.0 Å². The summed E-state index contributed by atoms with van der Waals surface area (Å²) in [6.45, 7) is 3.73. The molecule has 10 nitrogen and oxygen atoms in total. The number of hydrogen-bond acceptors (Lipinski definition) is 7. The van der Waals surface area contributed by atoms with Crippen molar-refractivity contribution >= 4 is 32.3 Å². The van der Waals surface area contributed by atoms with Gasteiger partial charge in [-0.2, -0.15) is 10.2 Å². The maximum Gasteiger partial charge on any atom is 0.232 e. The molecule has 5 rings (SSSR count). The zero-order valence-electron chi connectivity index (χ0n) is 18.9. The van der Waals surface area contributed by atoms with Crippen molar-refractivity contribution in [1.82, 2.24) is 29.4 Å². The number of benzene rings is 1. The summed E-state index contributed by atoms with van der Waals surface area (Å²) in [5, 5.41) is 9.96. The van der Waals surface area contributed by atoms with Crippen molar-refractivity contribution in [1.29, 1.82) is 0 Å². The van der Waals surface area contributed by atoms with Gasteiger partial charge in [-0.1, -0.05) is 6.92 Å². The first-order valence-electron chi connectivity index (χ1n) is 10.7. The van der Waals surface area contributed by atoms with Crippen molar-refractivity contribution in [2.75, 3.05) is 17.6 Å². The molecule has 4 aromatic heterocycles. The van der Waals surface area contributed by atoms with E-state index in [1.54, 1.807) is 53.1 Å². The summed E-state index contributed by atoms with van der Waals surface area (Å²) in [5.41, 5.74) is 4.97. The molecular weight excluding hydrogens is 454 g/mol. The van der Waals surface area contributed by atoms with Crippen molar-refractivity contribution in [3.05, 3.63) is 60.8 Å². The molecule has 0 radical (unpaired) electrons. The van der Waals surface area contributed by atoms with Crippen LogP contribution in [0.3, 0.4) is 0 Å². The second kappa shape index (κ2) is 8.41. The van der Waals surface area contributed by atoms with Gasteiger partial charge in [-0.15, -0.1) is 0 Å². The van der Waals surface area contributed by atoms with Crippen LogP contribution in [0.15, 0.2) is 55.1 Å². The highest BCUT2D eigenvalue weighted by molar-refractivity contribution is 7.92. The molecule has 1 aromatic carbocycles. The predicted octanol–water partition coefficient (Wildman–Crippen LogP) is 3.60. The van der Waals surface area contributed by atoms with E-state index in [4.69, 9.17) is 9.84 Å². The van der Waals surface area contributed by atoms with Gasteiger partial charge in [-0.25, -0.2) is 22.6 Å². The van der Waals surface area contributed by atoms with E-state index in [2.05, 4.69) is 19.8 Å². The molecule has 0 spiro atoms. The van der Waals surface area contributed by atoms with Crippen molar-refractivity contribution < 1.29 is 13.2 Å². The van der Waals surface area contributed by atoms with Gasteiger partial charge in [0.2, 0.25) is 10.0 Å². The molecule has 0 aliphatic heterocycles. The van der Waals surface area contributed by atoms with Gasteiger partial charge in [0.25, 0.3) is 0 Å². The van der Waals surface area contributed by atoms with Gasteiger partial charge >= 0.3 is 0 Å². The number of ether oxygens (including phenoxy) is 1. The lowest BCUT2D eigenvalue weighted by Crippen LogP contribution is -2.16. The zero-order valence-corrected chi connectivity index (χ0v) is 19.7. The fourth-order valence-corrected chi connectivity index (χ4v) is 5.04. The van der Waals surface area contributed by atoms with Crippen LogP contribution in [0.1, 0.15) is 19.0 Å². The first-order valence-corrected chi connectivity index (χ1v) is 12.4. The lowest BCUT2D eigenvalue weighted by molar-refractivity contribution is 0.412. The third-order valence-corrected chi connectivity index (χ3v) is 6.95. The molecule has 4 heterocycles. The van der Waals surface area contributed by atoms with E-state index >= 15 is 0 Å². The maximum atomic E-state index is 12.2. The average Bonchev–Trinajstić information content (AvgIpc) is 3.39. The van der Waals surface area contributed by atoms with Crippen LogP contribution in [0.4, 0.5) is 5.69 Å². The SMILES string of the molecule is CCCS(=O)(=O)Nc1ccc(-n2nc(C)c3cnc(-c4cnn5cccnc45)cc32)c(OC)c1. The summed E-state index contributed by atoms with van der Waals surface area (Å²) in [4.78, 5) is 9.05. The Morgan fingerprint density at radius 3 is 2.79 bits per heavy atom. The van der Waals surface area contributed by atoms with Gasteiger partial charge in [0, 0.05) is 30.0 Å². The number of rotatable bonds is 7. The van der Waals surface area contributed by atoms with Crippen molar-refractivity contribution in [3.8, 4) is 22.7 Å². The summed E-state index contributed by atoms with van der Waals surface area (Å²) in [7, 11) is -1.88. The van der Waals surface area contributed by atoms with Gasteiger partial charge in [0.05, 0.1) is 47.2 Å². The van der Waals surface area contributed by atoms with Gasteiger partial charge in [-0.3, -0.25) is 9.71 Å². The van der Waals surface area contributed by atoms with Crippen LogP contribution in [-0.2, 0) is 10.0 Å². The standard InChI is InChI=1S/C23H23N7O3S/c1-4-10-34(31,32)28-16-6-7-20(22(11-16)33-3)30-21-12-19(25-13-17(21)15(2)27-30)18-14-26-29-9-5-8-24-23(18)29/h5-9,11-14,28H,4,10H2,1-3H3. The normalized spacial score (nSPS) is 11.9. The van der Waals surface area contributed by atoms with Crippen molar-refractivity contribution in [3.63, 3.8) is 0 Å². The Balaban J connectivity index is 1.62. The molecule has 0 bridgehead atoms. The van der Waals surface area contributed by atoms with E-state index in [0.717, 1.165) is 22.2 Å². The largest absolute Gasteiger partial charge is 0.494 e. The lowest BCUT2D eigenvalue weighted by atomic mass is 10.1. The third kappa shape index (κ3) is 3.83. The Bertz CT molecular complexity index is 1620. The monoisotopic (exact) mass is 477 g/mol. The number of aromatic nitrogens is 6. The summed E-state index contributed by atoms with van der Waals surface area (Å²) in [5.74, 6) is 0.533. The van der Waals surface area contributed by atoms with Crippen LogP contribution in [0, 0.1) is 6.92 Å². The number of nitrogens with zero attached hydrogens (tertiary/aromatic N) is 6. The molecule has 34 heavy (non-hydrogen) atoms. The maximum absolute atomic E-state index is 12.2. The van der Waals surface area contributed by atoms with Crippen molar-refractivity contribution in [2.45, 2.75) is 20.3 Å². The van der Waals surface area contributed by atoms with Crippen LogP contribution >= 0.6 is 0 Å². The molecule has 0 unspecified atom stereocenters. The molecule has 0 amide bonds. The molecule has 0 atom stereocenters. The number of pyridine rings is 1. The molecule has 5 aromatic rings. The van der Waals surface area contributed by atoms with Crippen LogP contribution in [0.25, 0.3) is 33.5 Å². The highest BCUT2D eigenvalue weighted by Crippen LogP contribution is 2.32. The Labute approximate surface area is 196 Å². The topological polar surface area (TPSA) is 116 Å². The number of hydrogen-bond donors (Lipinski definition) is 1. The van der Waals surface area contributed by atoms with E-state index in [-0.39, 0.29) is 5.75 Å². The molecule has 1 N–H and O–H groups in total. The van der Waals surface area contributed by atoms with Crippen molar-refractivity contribution in [2.24, 2.45) is 0 Å². The molecule has 0 fully saturated rings. The average molecular weight is 478 g/mol. The molecular formula is C23H23N7O3S. The first-order chi connectivity index (χ1) is 16.4. The fourth-order valence-electron chi connectivity index (χ4n) is 3.91. The Kier molecular flexibility index (Phi) is 5.40. The second-order valence-electron chi connectivity index (χ2n) is 7.84. The minimum Gasteiger partial charge on any atom is -0.494 e. The van der Waals surface area contributed by atoms with Crippen LogP contribution < -0.4 is 9.46 Å². The van der Waals surface area contributed by atoms with E-state index in [1.807, 2.05) is 32.2 Å². The predicted molar refractivity (Wildman–Crippen MR) is 130 cm³/mol. The minimum atomic E-state index is -3.42. The van der Waals surface area contributed by atoms with E-state index in [1.165, 1.54) is 0 Å². The summed E-state index contributed by atoms with van der Waals surface area (Å²) in [6.07, 6.45) is 7.60. The Morgan fingerprint density at radius 2 is 2.00 bits per heavy atom. The van der Waals surface area contributed by atoms with Gasteiger partial charge in [0.1, 0.15) is 11.4 Å². The summed E-state index contributed by atoms with van der Waals surface area (Å²) < 4.78 is 36.0. The number of sulfonamides is 1. The van der Waals surface area contributed by atoms with Crippen LogP contribution in [0.2, 0.25) is 0 Å². The Morgan fingerprint density at radius 1 is 1.15 bits per heavy atom. The molecule has 0 aliphatic rings. The number of methoxy groups -OCH3 is 1. The third-order valence-electron chi connectivity index (χ3n) is 5.46. The number of nitrogens with one attached hydrogen (secondary N) is 1. The smallest absolute Gasteiger partial charge is 0.232 e. The molecule has 11 heteroatoms. The molecule has 0 saturated carbocycles. The fraction of sp³-hybridized carbons (Fsp3) is 0.217. The lowest BCUT2D eigenvalue weighted by Gasteiger charge is -2.13. The van der Waals surface area contributed by atoms with E-state index in [9.17, 15) is 8.42 Å². The summed E-state index contributed by atoms with van der Waals surface area (Å²) in [6, 6.07) is 8.90. The van der Waals surface area contributed by atoms with Crippen LogP contribution in [0.5, 0.6) is 5.75 Å². The summed E-state index contributed by atoms with van der Waals surface area (Å²) >= 11 is 0. The first kappa shape index (κ1) is 21.8. The number of anilines is 1. The number of aryl methyl sites for hydroxylation is 1. The van der Waals surface area contributed by atoms with Crippen LogP contribution in [-0.4, -0.2) is 50.6 Å². The zero-order chi connectivity index (χ0) is 23.9. The highest BCUT2D eigenvalue weighted by Gasteiger charge is 2.18. The van der Waals surface area contributed by atoms with E-state index in [0.29, 0.717) is 34.9 Å². The molecule has 0 aliphatic carbocycles.